The van der Waals surface area contributed by atoms with Gasteiger partial charge in [-0.3, -0.25) is 4.79 Å². The van der Waals surface area contributed by atoms with Crippen molar-refractivity contribution >= 4 is 5.97 Å². The Bertz CT molecular complexity index is 180. The fourth-order valence-corrected chi connectivity index (χ4v) is 1.35. The van der Waals surface area contributed by atoms with Gasteiger partial charge in [-0.1, -0.05) is 6.58 Å². The molecule has 3 nitrogen and oxygen atoms in total. The molecule has 0 bridgehead atoms. The van der Waals surface area contributed by atoms with Crippen LogP contribution in [0.2, 0.25) is 0 Å². The number of esters is 1. The van der Waals surface area contributed by atoms with Crippen LogP contribution in [0.4, 0.5) is 0 Å². The number of carbonyl (C=O) groups excluding carboxylic acids is 1. The summed E-state index contributed by atoms with van der Waals surface area (Å²) in [5.41, 5.74) is -0.468. The zero-order valence-corrected chi connectivity index (χ0v) is 7.34. The molecule has 68 valence electrons. The molecule has 0 amide bonds. The maximum absolute atomic E-state index is 10.8. The van der Waals surface area contributed by atoms with Crippen molar-refractivity contribution in [3.8, 4) is 0 Å². The summed E-state index contributed by atoms with van der Waals surface area (Å²) in [5, 5.41) is 0. The van der Waals surface area contributed by atoms with E-state index in [0.29, 0.717) is 13.2 Å². The lowest BCUT2D eigenvalue weighted by atomic mass is 9.94. The van der Waals surface area contributed by atoms with Crippen LogP contribution in [0.15, 0.2) is 12.7 Å². The van der Waals surface area contributed by atoms with Crippen LogP contribution in [0.1, 0.15) is 19.8 Å². The molecule has 1 fully saturated rings. The van der Waals surface area contributed by atoms with E-state index in [1.165, 1.54) is 6.92 Å². The van der Waals surface area contributed by atoms with Gasteiger partial charge in [-0.05, 0) is 6.08 Å². The highest BCUT2D eigenvalue weighted by molar-refractivity contribution is 5.66. The zero-order chi connectivity index (χ0) is 9.03. The summed E-state index contributed by atoms with van der Waals surface area (Å²) in [6.07, 6.45) is 3.14. The highest BCUT2D eigenvalue weighted by Gasteiger charge is 2.32. The normalized spacial score (nSPS) is 21.4. The first-order chi connectivity index (χ1) is 5.68. The maximum atomic E-state index is 10.8. The smallest absolute Gasteiger partial charge is 0.303 e. The molecule has 1 aliphatic rings. The highest BCUT2D eigenvalue weighted by Crippen LogP contribution is 2.26. The van der Waals surface area contributed by atoms with Crippen molar-refractivity contribution in [2.75, 3.05) is 13.2 Å². The molecule has 1 heterocycles. The Balaban J connectivity index is 2.59. The molecule has 0 aromatic rings. The van der Waals surface area contributed by atoms with Gasteiger partial charge in [0, 0.05) is 19.8 Å². The van der Waals surface area contributed by atoms with E-state index < -0.39 is 5.60 Å². The molecule has 0 atom stereocenters. The summed E-state index contributed by atoms with van der Waals surface area (Å²) in [4.78, 5) is 10.8. The standard InChI is InChI=1S/C9H14O3/c1-3-9(12-8(2)10)4-6-11-7-5-9/h3H,1,4-7H2,2H3. The number of hydrogen-bond donors (Lipinski definition) is 0. The average molecular weight is 170 g/mol. The van der Waals surface area contributed by atoms with Crippen LogP contribution in [-0.2, 0) is 14.3 Å². The van der Waals surface area contributed by atoms with Gasteiger partial charge in [-0.15, -0.1) is 0 Å². The zero-order valence-electron chi connectivity index (χ0n) is 7.34. The minimum Gasteiger partial charge on any atom is -0.455 e. The quantitative estimate of drug-likeness (QED) is 0.462. The third-order valence-corrected chi connectivity index (χ3v) is 2.06. The number of hydrogen-bond acceptors (Lipinski definition) is 3. The molecule has 12 heavy (non-hydrogen) atoms. The van der Waals surface area contributed by atoms with Crippen LogP contribution in [0.5, 0.6) is 0 Å². The Hall–Kier alpha value is -0.830. The van der Waals surface area contributed by atoms with E-state index in [9.17, 15) is 4.79 Å². The summed E-state index contributed by atoms with van der Waals surface area (Å²) < 4.78 is 10.4. The van der Waals surface area contributed by atoms with Gasteiger partial charge in [-0.25, -0.2) is 0 Å². The predicted molar refractivity (Wildman–Crippen MR) is 44.7 cm³/mol. The lowest BCUT2D eigenvalue weighted by Gasteiger charge is -2.33. The van der Waals surface area contributed by atoms with Crippen LogP contribution >= 0.6 is 0 Å². The van der Waals surface area contributed by atoms with Gasteiger partial charge < -0.3 is 9.47 Å². The van der Waals surface area contributed by atoms with Gasteiger partial charge in [0.2, 0.25) is 0 Å². The fourth-order valence-electron chi connectivity index (χ4n) is 1.35. The summed E-state index contributed by atoms with van der Waals surface area (Å²) in [6.45, 7) is 6.37. The third kappa shape index (κ3) is 2.08. The fraction of sp³-hybridized carbons (Fsp3) is 0.667. The first kappa shape index (κ1) is 9.26. The summed E-state index contributed by atoms with van der Waals surface area (Å²) in [5.74, 6) is -0.253. The molecule has 0 radical (unpaired) electrons. The molecule has 1 rings (SSSR count). The topological polar surface area (TPSA) is 35.5 Å². The SMILES string of the molecule is C=CC1(OC(C)=O)CCOCC1. The Kier molecular flexibility index (Phi) is 2.87. The number of rotatable bonds is 2. The van der Waals surface area contributed by atoms with Crippen LogP contribution in [0.25, 0.3) is 0 Å². The molecule has 0 unspecified atom stereocenters. The first-order valence-corrected chi connectivity index (χ1v) is 4.09. The Morgan fingerprint density at radius 3 is 2.58 bits per heavy atom. The predicted octanol–water partition coefficient (Wildman–Crippen LogP) is 1.28. The summed E-state index contributed by atoms with van der Waals surface area (Å²) >= 11 is 0. The van der Waals surface area contributed by atoms with Gasteiger partial charge in [0.15, 0.2) is 0 Å². The van der Waals surface area contributed by atoms with Gasteiger partial charge in [-0.2, -0.15) is 0 Å². The largest absolute Gasteiger partial charge is 0.455 e. The molecule has 1 aliphatic heterocycles. The van der Waals surface area contributed by atoms with E-state index in [4.69, 9.17) is 9.47 Å². The van der Waals surface area contributed by atoms with Crippen molar-refractivity contribution in [1.82, 2.24) is 0 Å². The van der Waals surface area contributed by atoms with E-state index in [0.717, 1.165) is 12.8 Å². The van der Waals surface area contributed by atoms with Crippen LogP contribution in [0, 0.1) is 0 Å². The molecule has 0 N–H and O–H groups in total. The molecule has 3 heteroatoms. The van der Waals surface area contributed by atoms with E-state index in [1.807, 2.05) is 0 Å². The Morgan fingerprint density at radius 1 is 1.58 bits per heavy atom. The van der Waals surface area contributed by atoms with Crippen molar-refractivity contribution in [3.05, 3.63) is 12.7 Å². The lowest BCUT2D eigenvalue weighted by molar-refractivity contribution is -0.159. The molecule has 0 aromatic heterocycles. The highest BCUT2D eigenvalue weighted by atomic mass is 16.6. The first-order valence-electron chi connectivity index (χ1n) is 4.09. The number of carbonyl (C=O) groups is 1. The van der Waals surface area contributed by atoms with E-state index in [1.54, 1.807) is 6.08 Å². The molecular formula is C9H14O3. The molecular weight excluding hydrogens is 156 g/mol. The van der Waals surface area contributed by atoms with Crippen LogP contribution in [0.3, 0.4) is 0 Å². The van der Waals surface area contributed by atoms with Crippen LogP contribution in [-0.4, -0.2) is 24.8 Å². The van der Waals surface area contributed by atoms with Crippen molar-refractivity contribution in [3.63, 3.8) is 0 Å². The minimum atomic E-state index is -0.468. The molecule has 1 saturated heterocycles. The molecule has 0 spiro atoms. The average Bonchev–Trinajstić information content (AvgIpc) is 2.05. The van der Waals surface area contributed by atoms with Gasteiger partial charge in [0.05, 0.1) is 13.2 Å². The van der Waals surface area contributed by atoms with Gasteiger partial charge >= 0.3 is 5.97 Å². The lowest BCUT2D eigenvalue weighted by Crippen LogP contribution is -2.38. The second kappa shape index (κ2) is 3.72. The Labute approximate surface area is 72.4 Å². The van der Waals surface area contributed by atoms with E-state index in [-0.39, 0.29) is 5.97 Å². The monoisotopic (exact) mass is 170 g/mol. The maximum Gasteiger partial charge on any atom is 0.303 e. The van der Waals surface area contributed by atoms with Crippen molar-refractivity contribution in [2.45, 2.75) is 25.4 Å². The molecule has 0 aromatic carbocycles. The third-order valence-electron chi connectivity index (χ3n) is 2.06. The number of ether oxygens (including phenoxy) is 2. The van der Waals surface area contributed by atoms with Crippen LogP contribution < -0.4 is 0 Å². The van der Waals surface area contributed by atoms with Crippen molar-refractivity contribution in [1.29, 1.82) is 0 Å². The Morgan fingerprint density at radius 2 is 2.17 bits per heavy atom. The van der Waals surface area contributed by atoms with Gasteiger partial charge in [0.25, 0.3) is 0 Å². The van der Waals surface area contributed by atoms with Crippen molar-refractivity contribution < 1.29 is 14.3 Å². The summed E-state index contributed by atoms with van der Waals surface area (Å²) in [6, 6.07) is 0. The molecule has 0 saturated carbocycles. The van der Waals surface area contributed by atoms with Gasteiger partial charge in [0.1, 0.15) is 5.60 Å². The van der Waals surface area contributed by atoms with Crippen molar-refractivity contribution in [2.24, 2.45) is 0 Å². The van der Waals surface area contributed by atoms with E-state index >= 15 is 0 Å². The second-order valence-corrected chi connectivity index (χ2v) is 2.97. The molecule has 0 aliphatic carbocycles. The minimum absolute atomic E-state index is 0.253. The summed E-state index contributed by atoms with van der Waals surface area (Å²) in [7, 11) is 0. The second-order valence-electron chi connectivity index (χ2n) is 2.97. The van der Waals surface area contributed by atoms with E-state index in [2.05, 4.69) is 6.58 Å².